The van der Waals surface area contributed by atoms with Gasteiger partial charge in [-0.3, -0.25) is 9.59 Å². The highest BCUT2D eigenvalue weighted by Gasteiger charge is 2.31. The Balaban J connectivity index is 1.72. The van der Waals surface area contributed by atoms with E-state index < -0.39 is 5.97 Å². The molecule has 0 spiro atoms. The van der Waals surface area contributed by atoms with Crippen molar-refractivity contribution in [2.24, 2.45) is 5.92 Å². The number of hydrogen-bond acceptors (Lipinski definition) is 4. The minimum atomic E-state index is -0.794. The molecule has 1 aliphatic rings. The van der Waals surface area contributed by atoms with Gasteiger partial charge in [0.25, 0.3) is 5.91 Å². The van der Waals surface area contributed by atoms with Gasteiger partial charge in [0, 0.05) is 17.6 Å². The monoisotopic (exact) mass is 392 g/mol. The maximum absolute atomic E-state index is 13.1. The number of aliphatic carboxylic acids is 1. The number of fused-ring (bicyclic) bond motifs is 1. The van der Waals surface area contributed by atoms with Gasteiger partial charge >= 0.3 is 5.97 Å². The number of hydrogen-bond donors (Lipinski definition) is 2. The summed E-state index contributed by atoms with van der Waals surface area (Å²) in [5.41, 5.74) is 2.81. The molecule has 2 atom stereocenters. The summed E-state index contributed by atoms with van der Waals surface area (Å²) in [7, 11) is 0. The molecule has 2 aromatic heterocycles. The van der Waals surface area contributed by atoms with Gasteiger partial charge in [0.2, 0.25) is 0 Å². The lowest BCUT2D eigenvalue weighted by atomic mass is 10.1. The molecule has 7 heteroatoms. The second-order valence-electron chi connectivity index (χ2n) is 7.86. The van der Waals surface area contributed by atoms with Crippen molar-refractivity contribution in [1.82, 2.24) is 20.1 Å². The molecule has 0 saturated heterocycles. The predicted octanol–water partition coefficient (Wildman–Crippen LogP) is 3.66. The number of nitrogens with zero attached hydrogens (tertiary/aromatic N) is 3. The summed E-state index contributed by atoms with van der Waals surface area (Å²) in [4.78, 5) is 29.1. The third kappa shape index (κ3) is 3.72. The van der Waals surface area contributed by atoms with Gasteiger partial charge in [-0.2, -0.15) is 5.10 Å². The zero-order valence-corrected chi connectivity index (χ0v) is 16.5. The number of nitrogens with one attached hydrogen (secondary N) is 1. The molecular formula is C22H24N4O3. The first-order chi connectivity index (χ1) is 13.9. The van der Waals surface area contributed by atoms with Crippen molar-refractivity contribution in [2.45, 2.75) is 45.2 Å². The SMILES string of the molecule is CC(C)n1ncc2c(C(=O)N[C@@H]3CC[C@H](C(=O)O)C3)cc(-c3ccccc3)nc21. The van der Waals surface area contributed by atoms with Gasteiger partial charge in [0.15, 0.2) is 5.65 Å². The minimum Gasteiger partial charge on any atom is -0.481 e. The van der Waals surface area contributed by atoms with E-state index in [9.17, 15) is 14.7 Å². The normalized spacial score (nSPS) is 19.0. The third-order valence-corrected chi connectivity index (χ3v) is 5.49. The van der Waals surface area contributed by atoms with Gasteiger partial charge in [-0.15, -0.1) is 0 Å². The standard InChI is InChI=1S/C22H24N4O3/c1-13(2)26-20-18(12-23-26)17(11-19(25-20)14-6-4-3-5-7-14)21(27)24-16-9-8-15(10-16)22(28)29/h3-7,11-13,15-16H,8-10H2,1-2H3,(H,24,27)(H,28,29)/t15-,16+/m0/s1. The molecule has 7 nitrogen and oxygen atoms in total. The summed E-state index contributed by atoms with van der Waals surface area (Å²) >= 11 is 0. The quantitative estimate of drug-likeness (QED) is 0.691. The molecule has 0 unspecified atom stereocenters. The Kier molecular flexibility index (Phi) is 5.05. The summed E-state index contributed by atoms with van der Waals surface area (Å²) in [6.07, 6.45) is 3.41. The number of rotatable bonds is 5. The largest absolute Gasteiger partial charge is 0.481 e. The zero-order valence-electron chi connectivity index (χ0n) is 16.5. The lowest BCUT2D eigenvalue weighted by Gasteiger charge is -2.14. The van der Waals surface area contributed by atoms with E-state index in [1.165, 1.54) is 0 Å². The van der Waals surface area contributed by atoms with Crippen molar-refractivity contribution in [3.63, 3.8) is 0 Å². The molecule has 0 radical (unpaired) electrons. The first-order valence-electron chi connectivity index (χ1n) is 9.91. The van der Waals surface area contributed by atoms with Crippen LogP contribution < -0.4 is 5.32 Å². The smallest absolute Gasteiger partial charge is 0.306 e. The summed E-state index contributed by atoms with van der Waals surface area (Å²) in [5, 5.41) is 17.4. The maximum Gasteiger partial charge on any atom is 0.306 e. The Morgan fingerprint density at radius 3 is 2.62 bits per heavy atom. The number of carboxylic acid groups (broad SMARTS) is 1. The summed E-state index contributed by atoms with van der Waals surface area (Å²) in [6, 6.07) is 11.5. The number of aromatic nitrogens is 3. The fourth-order valence-electron chi connectivity index (χ4n) is 3.94. The van der Waals surface area contributed by atoms with Crippen LogP contribution in [-0.2, 0) is 4.79 Å². The van der Waals surface area contributed by atoms with E-state index in [4.69, 9.17) is 4.98 Å². The summed E-state index contributed by atoms with van der Waals surface area (Å²) < 4.78 is 1.81. The van der Waals surface area contributed by atoms with E-state index in [-0.39, 0.29) is 23.9 Å². The zero-order chi connectivity index (χ0) is 20.5. The van der Waals surface area contributed by atoms with Gasteiger partial charge < -0.3 is 10.4 Å². The molecule has 2 heterocycles. The molecule has 1 aliphatic carbocycles. The van der Waals surface area contributed by atoms with E-state index in [0.717, 1.165) is 5.56 Å². The maximum atomic E-state index is 13.1. The van der Waals surface area contributed by atoms with Crippen molar-refractivity contribution < 1.29 is 14.7 Å². The van der Waals surface area contributed by atoms with Crippen LogP contribution in [0.5, 0.6) is 0 Å². The Morgan fingerprint density at radius 2 is 1.97 bits per heavy atom. The summed E-state index contributed by atoms with van der Waals surface area (Å²) in [5.74, 6) is -1.40. The molecule has 3 aromatic rings. The van der Waals surface area contributed by atoms with Crippen molar-refractivity contribution in [1.29, 1.82) is 0 Å². The summed E-state index contributed by atoms with van der Waals surface area (Å²) in [6.45, 7) is 4.04. The van der Waals surface area contributed by atoms with Gasteiger partial charge in [-0.25, -0.2) is 9.67 Å². The Bertz CT molecular complexity index is 1060. The van der Waals surface area contributed by atoms with Crippen LogP contribution in [-0.4, -0.2) is 37.8 Å². The molecule has 150 valence electrons. The average molecular weight is 392 g/mol. The van der Waals surface area contributed by atoms with Gasteiger partial charge in [0.1, 0.15) is 0 Å². The Morgan fingerprint density at radius 1 is 1.21 bits per heavy atom. The number of benzene rings is 1. The molecule has 1 saturated carbocycles. The van der Waals surface area contributed by atoms with Crippen molar-refractivity contribution in [3.8, 4) is 11.3 Å². The fraction of sp³-hybridized carbons (Fsp3) is 0.364. The van der Waals surface area contributed by atoms with Crippen LogP contribution in [0.15, 0.2) is 42.6 Å². The lowest BCUT2D eigenvalue weighted by Crippen LogP contribution is -2.33. The first-order valence-corrected chi connectivity index (χ1v) is 9.91. The number of carbonyl (C=O) groups excluding carboxylic acids is 1. The number of pyridine rings is 1. The molecule has 29 heavy (non-hydrogen) atoms. The van der Waals surface area contributed by atoms with Crippen LogP contribution in [0.25, 0.3) is 22.3 Å². The number of carboxylic acids is 1. The number of carbonyl (C=O) groups is 2. The molecule has 1 aromatic carbocycles. The van der Waals surface area contributed by atoms with Gasteiger partial charge in [-0.05, 0) is 39.2 Å². The number of amides is 1. The highest BCUT2D eigenvalue weighted by Crippen LogP contribution is 2.28. The molecule has 1 amide bonds. The average Bonchev–Trinajstić information content (AvgIpc) is 3.35. The van der Waals surface area contributed by atoms with Gasteiger partial charge in [-0.1, -0.05) is 30.3 Å². The molecular weight excluding hydrogens is 368 g/mol. The lowest BCUT2D eigenvalue weighted by molar-refractivity contribution is -0.141. The van der Waals surface area contributed by atoms with Crippen LogP contribution in [0, 0.1) is 5.92 Å². The van der Waals surface area contributed by atoms with Crippen molar-refractivity contribution >= 4 is 22.9 Å². The Hall–Kier alpha value is -3.22. The van der Waals surface area contributed by atoms with Gasteiger partial charge in [0.05, 0.1) is 28.8 Å². The van der Waals surface area contributed by atoms with E-state index >= 15 is 0 Å². The fourth-order valence-corrected chi connectivity index (χ4v) is 3.94. The van der Waals surface area contributed by atoms with E-state index in [1.807, 2.05) is 48.9 Å². The van der Waals surface area contributed by atoms with Crippen LogP contribution in [0.4, 0.5) is 0 Å². The molecule has 0 bridgehead atoms. The predicted molar refractivity (Wildman–Crippen MR) is 110 cm³/mol. The van der Waals surface area contributed by atoms with Crippen molar-refractivity contribution in [3.05, 3.63) is 48.2 Å². The Labute approximate surface area is 168 Å². The second kappa shape index (κ2) is 7.66. The third-order valence-electron chi connectivity index (χ3n) is 5.49. The van der Waals surface area contributed by atoms with Crippen LogP contribution >= 0.6 is 0 Å². The van der Waals surface area contributed by atoms with Crippen LogP contribution in [0.1, 0.15) is 49.5 Å². The molecule has 1 fully saturated rings. The highest BCUT2D eigenvalue weighted by atomic mass is 16.4. The van der Waals surface area contributed by atoms with Crippen LogP contribution in [0.2, 0.25) is 0 Å². The van der Waals surface area contributed by atoms with Crippen molar-refractivity contribution in [2.75, 3.05) is 0 Å². The molecule has 2 N–H and O–H groups in total. The second-order valence-corrected chi connectivity index (χ2v) is 7.86. The topological polar surface area (TPSA) is 97.1 Å². The molecule has 4 rings (SSSR count). The van der Waals surface area contributed by atoms with E-state index in [1.54, 1.807) is 12.3 Å². The van der Waals surface area contributed by atoms with E-state index in [2.05, 4.69) is 10.4 Å². The highest BCUT2D eigenvalue weighted by molar-refractivity contribution is 6.06. The van der Waals surface area contributed by atoms with E-state index in [0.29, 0.717) is 41.6 Å². The first kappa shape index (κ1) is 19.1. The molecule has 0 aliphatic heterocycles. The van der Waals surface area contributed by atoms with Crippen LogP contribution in [0.3, 0.4) is 0 Å². The minimum absolute atomic E-state index is 0.105.